The normalized spacial score (nSPS) is 13.7. The monoisotopic (exact) mass is 525 g/mol. The molecule has 0 saturated carbocycles. The van der Waals surface area contributed by atoms with Crippen molar-refractivity contribution < 1.29 is 27.9 Å². The zero-order valence-corrected chi connectivity index (χ0v) is 22.0. The number of aliphatic hydroxyl groups is 1. The van der Waals surface area contributed by atoms with Gasteiger partial charge < -0.3 is 20.5 Å². The molecule has 0 spiro atoms. The SMILES string of the molecule is CC(=O)Nc1ccc(S(=O)(=O)N(C)C[C@@H](O)[C@H](Cc2ccccc2)NC(=O)OC(C)(C)C)cc1Cl. The van der Waals surface area contributed by atoms with Crippen LogP contribution in [0.25, 0.3) is 0 Å². The number of carbonyl (C=O) groups is 2. The van der Waals surface area contributed by atoms with Gasteiger partial charge in [0.15, 0.2) is 0 Å². The molecule has 35 heavy (non-hydrogen) atoms. The van der Waals surface area contributed by atoms with Crippen molar-refractivity contribution in [2.45, 2.75) is 56.8 Å². The summed E-state index contributed by atoms with van der Waals surface area (Å²) in [5.41, 5.74) is 0.388. The van der Waals surface area contributed by atoms with Crippen LogP contribution in [0.1, 0.15) is 33.3 Å². The van der Waals surface area contributed by atoms with E-state index < -0.39 is 33.9 Å². The molecule has 3 N–H and O–H groups in total. The maximum absolute atomic E-state index is 13.1. The van der Waals surface area contributed by atoms with Gasteiger partial charge in [-0.1, -0.05) is 41.9 Å². The summed E-state index contributed by atoms with van der Waals surface area (Å²) in [6.07, 6.45) is -1.72. The standard InChI is InChI=1S/C24H32ClN3O6S/c1-16(29)26-20-12-11-18(14-19(20)25)35(32,33)28(5)15-22(30)21(13-17-9-7-6-8-10-17)27-23(31)34-24(2,3)4/h6-12,14,21-22,30H,13,15H2,1-5H3,(H,26,29)(H,27,31)/t21-,22+/m0/s1. The second kappa shape index (κ2) is 11.9. The fourth-order valence-electron chi connectivity index (χ4n) is 3.23. The van der Waals surface area contributed by atoms with E-state index in [4.69, 9.17) is 16.3 Å². The quantitative estimate of drug-likeness (QED) is 0.460. The molecule has 11 heteroatoms. The number of benzene rings is 2. The van der Waals surface area contributed by atoms with E-state index in [9.17, 15) is 23.1 Å². The third-order valence-electron chi connectivity index (χ3n) is 4.87. The Kier molecular flexibility index (Phi) is 9.68. The molecule has 0 unspecified atom stereocenters. The van der Waals surface area contributed by atoms with E-state index in [0.29, 0.717) is 0 Å². The molecule has 0 fully saturated rings. The molecule has 2 atom stereocenters. The van der Waals surface area contributed by atoms with Gasteiger partial charge in [-0.05, 0) is 51.0 Å². The molecular weight excluding hydrogens is 494 g/mol. The highest BCUT2D eigenvalue weighted by atomic mass is 35.5. The summed E-state index contributed by atoms with van der Waals surface area (Å²) in [5, 5.41) is 16.2. The number of anilines is 1. The Morgan fingerprint density at radius 1 is 1.14 bits per heavy atom. The van der Waals surface area contributed by atoms with Crippen LogP contribution >= 0.6 is 11.6 Å². The minimum atomic E-state index is -4.03. The fraction of sp³-hybridized carbons (Fsp3) is 0.417. The van der Waals surface area contributed by atoms with Crippen LogP contribution in [0.5, 0.6) is 0 Å². The van der Waals surface area contributed by atoms with Crippen LogP contribution in [0.2, 0.25) is 5.02 Å². The van der Waals surface area contributed by atoms with Crippen molar-refractivity contribution in [2.75, 3.05) is 18.9 Å². The highest BCUT2D eigenvalue weighted by molar-refractivity contribution is 7.89. The summed E-state index contributed by atoms with van der Waals surface area (Å²) < 4.78 is 32.5. The molecule has 2 amide bonds. The molecule has 9 nitrogen and oxygen atoms in total. The molecule has 0 radical (unpaired) electrons. The van der Waals surface area contributed by atoms with Crippen molar-refractivity contribution in [1.29, 1.82) is 0 Å². The second-order valence-corrected chi connectivity index (χ2v) is 11.6. The lowest BCUT2D eigenvalue weighted by Crippen LogP contribution is -2.50. The molecule has 2 rings (SSSR count). The van der Waals surface area contributed by atoms with Gasteiger partial charge in [-0.2, -0.15) is 4.31 Å². The smallest absolute Gasteiger partial charge is 0.407 e. The zero-order chi connectivity index (χ0) is 26.4. The van der Waals surface area contributed by atoms with Gasteiger partial charge in [-0.15, -0.1) is 0 Å². The Hall–Kier alpha value is -2.66. The minimum Gasteiger partial charge on any atom is -0.444 e. The first-order chi connectivity index (χ1) is 16.2. The molecule has 2 aromatic rings. The van der Waals surface area contributed by atoms with Crippen molar-refractivity contribution in [3.63, 3.8) is 0 Å². The molecule has 0 aliphatic carbocycles. The topological polar surface area (TPSA) is 125 Å². The number of nitrogens with one attached hydrogen (secondary N) is 2. The highest BCUT2D eigenvalue weighted by Crippen LogP contribution is 2.27. The molecule has 192 valence electrons. The van der Waals surface area contributed by atoms with Gasteiger partial charge in [0.05, 0.1) is 27.8 Å². The van der Waals surface area contributed by atoms with E-state index in [1.807, 2.05) is 30.3 Å². The lowest BCUT2D eigenvalue weighted by atomic mass is 10.0. The molecule has 0 aliphatic heterocycles. The van der Waals surface area contributed by atoms with Gasteiger partial charge >= 0.3 is 6.09 Å². The second-order valence-electron chi connectivity index (χ2n) is 9.12. The summed E-state index contributed by atoms with van der Waals surface area (Å²) in [6.45, 7) is 6.17. The van der Waals surface area contributed by atoms with Crippen molar-refractivity contribution >= 4 is 39.3 Å². The first kappa shape index (κ1) is 28.6. The van der Waals surface area contributed by atoms with E-state index in [1.54, 1.807) is 20.8 Å². The Morgan fingerprint density at radius 3 is 2.31 bits per heavy atom. The van der Waals surface area contributed by atoms with Crippen molar-refractivity contribution in [2.24, 2.45) is 0 Å². The Balaban J connectivity index is 2.21. The first-order valence-electron chi connectivity index (χ1n) is 10.9. The van der Waals surface area contributed by atoms with Crippen LogP contribution in [-0.4, -0.2) is 61.2 Å². The summed E-state index contributed by atoms with van der Waals surface area (Å²) in [7, 11) is -2.71. The Morgan fingerprint density at radius 2 is 1.77 bits per heavy atom. The van der Waals surface area contributed by atoms with Gasteiger partial charge in [0.25, 0.3) is 0 Å². The number of aliphatic hydroxyl groups excluding tert-OH is 1. The van der Waals surface area contributed by atoms with E-state index in [2.05, 4.69) is 10.6 Å². The number of sulfonamides is 1. The van der Waals surface area contributed by atoms with Crippen LogP contribution in [0.4, 0.5) is 10.5 Å². The lowest BCUT2D eigenvalue weighted by molar-refractivity contribution is -0.114. The number of halogens is 1. The predicted molar refractivity (Wildman–Crippen MR) is 135 cm³/mol. The predicted octanol–water partition coefficient (Wildman–Crippen LogP) is 3.42. The molecule has 2 aromatic carbocycles. The number of ether oxygens (including phenoxy) is 1. The molecular formula is C24H32ClN3O6S. The third-order valence-corrected chi connectivity index (χ3v) is 7.00. The van der Waals surface area contributed by atoms with Gasteiger partial charge in [-0.3, -0.25) is 4.79 Å². The number of nitrogens with zero attached hydrogens (tertiary/aromatic N) is 1. The molecule has 0 heterocycles. The molecule has 0 bridgehead atoms. The van der Waals surface area contributed by atoms with Gasteiger partial charge in [0, 0.05) is 20.5 Å². The fourth-order valence-corrected chi connectivity index (χ4v) is 4.73. The maximum Gasteiger partial charge on any atom is 0.407 e. The Bertz CT molecular complexity index is 1140. The van der Waals surface area contributed by atoms with Crippen LogP contribution in [0, 0.1) is 0 Å². The van der Waals surface area contributed by atoms with Gasteiger partial charge in [-0.25, -0.2) is 13.2 Å². The highest BCUT2D eigenvalue weighted by Gasteiger charge is 2.30. The molecule has 0 aliphatic rings. The van der Waals surface area contributed by atoms with E-state index in [-0.39, 0.29) is 34.5 Å². The van der Waals surface area contributed by atoms with Gasteiger partial charge in [0.2, 0.25) is 15.9 Å². The lowest BCUT2D eigenvalue weighted by Gasteiger charge is -2.29. The van der Waals surface area contributed by atoms with Gasteiger partial charge in [0.1, 0.15) is 5.60 Å². The zero-order valence-electron chi connectivity index (χ0n) is 20.4. The van der Waals surface area contributed by atoms with E-state index >= 15 is 0 Å². The number of amides is 2. The number of rotatable bonds is 9. The summed E-state index contributed by atoms with van der Waals surface area (Å²) >= 11 is 6.13. The summed E-state index contributed by atoms with van der Waals surface area (Å²) in [4.78, 5) is 23.5. The number of carbonyl (C=O) groups excluding carboxylic acids is 2. The molecule has 0 saturated heterocycles. The number of hydrogen-bond donors (Lipinski definition) is 3. The molecule has 0 aromatic heterocycles. The average Bonchev–Trinajstić information content (AvgIpc) is 2.73. The van der Waals surface area contributed by atoms with Crippen LogP contribution in [-0.2, 0) is 26.0 Å². The summed E-state index contributed by atoms with van der Waals surface area (Å²) in [5.74, 6) is -0.343. The van der Waals surface area contributed by atoms with E-state index in [0.717, 1.165) is 9.87 Å². The third kappa shape index (κ3) is 8.81. The average molecular weight is 526 g/mol. The Labute approximate surface area is 211 Å². The number of hydrogen-bond acceptors (Lipinski definition) is 6. The van der Waals surface area contributed by atoms with Crippen LogP contribution in [0.15, 0.2) is 53.4 Å². The van der Waals surface area contributed by atoms with E-state index in [1.165, 1.54) is 32.2 Å². The van der Waals surface area contributed by atoms with Crippen molar-refractivity contribution in [3.05, 3.63) is 59.1 Å². The van der Waals surface area contributed by atoms with Crippen molar-refractivity contribution in [3.8, 4) is 0 Å². The first-order valence-corrected chi connectivity index (χ1v) is 12.8. The minimum absolute atomic E-state index is 0.0590. The number of likely N-dealkylation sites (N-methyl/N-ethyl adjacent to an activating group) is 1. The van der Waals surface area contributed by atoms with Crippen LogP contribution in [0.3, 0.4) is 0 Å². The maximum atomic E-state index is 13.1. The van der Waals surface area contributed by atoms with Crippen LogP contribution < -0.4 is 10.6 Å². The number of alkyl carbamates (subject to hydrolysis) is 1. The summed E-state index contributed by atoms with van der Waals surface area (Å²) in [6, 6.07) is 12.3. The largest absolute Gasteiger partial charge is 0.444 e. The van der Waals surface area contributed by atoms with Crippen molar-refractivity contribution in [1.82, 2.24) is 9.62 Å².